The topological polar surface area (TPSA) is 58.3 Å². The number of benzene rings is 1. The highest BCUT2D eigenvalue weighted by Gasteiger charge is 2.33. The molecule has 0 spiro atoms. The maximum Gasteiger partial charge on any atom is 0.266 e. The van der Waals surface area contributed by atoms with Crippen molar-refractivity contribution in [1.29, 1.82) is 0 Å². The van der Waals surface area contributed by atoms with Crippen LogP contribution in [0.5, 0.6) is 0 Å². The number of thioether (sulfide) groups is 1. The average Bonchev–Trinajstić information content (AvgIpc) is 3.33. The molecule has 2 fully saturated rings. The minimum absolute atomic E-state index is 0.0116. The first-order valence-electron chi connectivity index (χ1n) is 10.0. The molecule has 0 N–H and O–H groups in total. The number of anilines is 1. The lowest BCUT2D eigenvalue weighted by Crippen LogP contribution is -2.35. The smallest absolute Gasteiger partial charge is 0.266 e. The van der Waals surface area contributed by atoms with E-state index in [2.05, 4.69) is 11.8 Å². The monoisotopic (exact) mass is 411 g/mol. The van der Waals surface area contributed by atoms with Gasteiger partial charge in [0.15, 0.2) is 11.1 Å². The Bertz CT molecular complexity index is 901. The molecule has 2 aromatic rings. The molecule has 29 heavy (non-hydrogen) atoms. The Hall–Kier alpha value is -2.51. The summed E-state index contributed by atoms with van der Waals surface area (Å²) in [7, 11) is 0. The normalized spacial score (nSPS) is 20.2. The van der Waals surface area contributed by atoms with Crippen molar-refractivity contribution in [3.63, 3.8) is 0 Å². The number of hydrogen-bond donors (Lipinski definition) is 0. The number of hydrogen-bond acceptors (Lipinski definition) is 6. The number of carbonyl (C=O) groups excluding carboxylic acids is 1. The number of furan rings is 1. The molecule has 0 radical (unpaired) electrons. The predicted molar refractivity (Wildman–Crippen MR) is 117 cm³/mol. The van der Waals surface area contributed by atoms with Crippen molar-refractivity contribution in [1.82, 2.24) is 4.90 Å². The number of para-hydroxylation sites is 1. The highest BCUT2D eigenvalue weighted by molar-refractivity contribution is 8.18. The van der Waals surface area contributed by atoms with Gasteiger partial charge in [-0.1, -0.05) is 31.5 Å². The van der Waals surface area contributed by atoms with Crippen molar-refractivity contribution < 1.29 is 13.9 Å². The van der Waals surface area contributed by atoms with E-state index in [9.17, 15) is 4.79 Å². The van der Waals surface area contributed by atoms with Crippen LogP contribution in [0.25, 0.3) is 6.08 Å². The maximum absolute atomic E-state index is 13.0. The summed E-state index contributed by atoms with van der Waals surface area (Å²) >= 11 is 1.41. The van der Waals surface area contributed by atoms with Crippen LogP contribution in [-0.4, -0.2) is 48.8 Å². The van der Waals surface area contributed by atoms with E-state index in [4.69, 9.17) is 14.1 Å². The third kappa shape index (κ3) is 4.74. The number of carbonyl (C=O) groups is 1. The number of aliphatic imine (C=N–C) groups is 1. The summed E-state index contributed by atoms with van der Waals surface area (Å²) in [5.74, 6) is 1.48. The van der Waals surface area contributed by atoms with E-state index in [0.717, 1.165) is 42.7 Å². The van der Waals surface area contributed by atoms with E-state index in [1.807, 2.05) is 48.5 Å². The maximum atomic E-state index is 13.0. The summed E-state index contributed by atoms with van der Waals surface area (Å²) in [5, 5.41) is 0.723. The van der Waals surface area contributed by atoms with Gasteiger partial charge in [0.25, 0.3) is 5.91 Å². The Morgan fingerprint density at radius 2 is 1.93 bits per heavy atom. The fourth-order valence-electron chi connectivity index (χ4n) is 3.22. The van der Waals surface area contributed by atoms with Gasteiger partial charge in [0.2, 0.25) is 0 Å². The lowest BCUT2D eigenvalue weighted by atomic mass is 10.3. The van der Waals surface area contributed by atoms with Crippen LogP contribution in [0.3, 0.4) is 0 Å². The molecule has 1 aromatic heterocycles. The second-order valence-corrected chi connectivity index (χ2v) is 7.94. The summed E-state index contributed by atoms with van der Waals surface area (Å²) in [5.41, 5.74) is 0.846. The summed E-state index contributed by atoms with van der Waals surface area (Å²) in [4.78, 5) is 22.3. The summed E-state index contributed by atoms with van der Waals surface area (Å²) in [6, 6.07) is 13.6. The summed E-state index contributed by atoms with van der Waals surface area (Å²) in [6.45, 7) is 5.83. The second-order valence-electron chi connectivity index (χ2n) is 6.93. The van der Waals surface area contributed by atoms with Crippen molar-refractivity contribution >= 4 is 40.5 Å². The van der Waals surface area contributed by atoms with Crippen molar-refractivity contribution in [3.8, 4) is 0 Å². The van der Waals surface area contributed by atoms with Gasteiger partial charge < -0.3 is 14.1 Å². The van der Waals surface area contributed by atoms with Gasteiger partial charge in [-0.25, -0.2) is 4.99 Å². The Labute approximate surface area is 175 Å². The van der Waals surface area contributed by atoms with Crippen molar-refractivity contribution in [2.24, 2.45) is 4.99 Å². The lowest BCUT2D eigenvalue weighted by molar-refractivity contribution is -0.122. The van der Waals surface area contributed by atoms with E-state index in [1.165, 1.54) is 11.8 Å². The fraction of sp³-hybridized carbons (Fsp3) is 0.364. The zero-order valence-corrected chi connectivity index (χ0v) is 17.4. The quantitative estimate of drug-likeness (QED) is 0.654. The molecular weight excluding hydrogens is 386 g/mol. The Morgan fingerprint density at radius 3 is 2.69 bits per heavy atom. The Balaban J connectivity index is 1.56. The highest BCUT2D eigenvalue weighted by Crippen LogP contribution is 2.35. The van der Waals surface area contributed by atoms with Gasteiger partial charge in [-0.2, -0.15) is 0 Å². The molecule has 2 aliphatic heterocycles. The van der Waals surface area contributed by atoms with E-state index >= 15 is 0 Å². The molecule has 1 amide bonds. The third-order valence-corrected chi connectivity index (χ3v) is 5.82. The van der Waals surface area contributed by atoms with Gasteiger partial charge in [-0.15, -0.1) is 0 Å². The summed E-state index contributed by atoms with van der Waals surface area (Å²) < 4.78 is 11.4. The number of unbranched alkanes of at least 4 members (excludes halogenated alkanes) is 1. The number of ether oxygens (including phenoxy) is 1. The number of nitrogens with zero attached hydrogens (tertiary/aromatic N) is 3. The molecule has 152 valence electrons. The molecule has 0 unspecified atom stereocenters. The molecule has 0 aliphatic carbocycles. The molecule has 3 heterocycles. The van der Waals surface area contributed by atoms with Crippen molar-refractivity contribution in [3.05, 3.63) is 53.1 Å². The zero-order chi connectivity index (χ0) is 20.1. The first-order chi connectivity index (χ1) is 14.2. The van der Waals surface area contributed by atoms with Crippen molar-refractivity contribution in [2.75, 3.05) is 37.7 Å². The van der Waals surface area contributed by atoms with Gasteiger partial charge in [0.05, 0.1) is 23.8 Å². The largest absolute Gasteiger partial charge is 0.441 e. The molecule has 0 bridgehead atoms. The Morgan fingerprint density at radius 1 is 1.14 bits per heavy atom. The van der Waals surface area contributed by atoms with Gasteiger partial charge in [-0.3, -0.25) is 9.69 Å². The van der Waals surface area contributed by atoms with E-state index in [-0.39, 0.29) is 5.91 Å². The SMILES string of the molecule is CCCCN1C(=O)/C(=C/c2ccc(N3CCOCC3)o2)SC1=Nc1ccccc1. The number of amidine groups is 1. The van der Waals surface area contributed by atoms with Crippen LogP contribution < -0.4 is 4.90 Å². The zero-order valence-electron chi connectivity index (χ0n) is 16.5. The van der Waals surface area contributed by atoms with Crippen LogP contribution in [0.15, 0.2) is 56.8 Å². The van der Waals surface area contributed by atoms with E-state index in [0.29, 0.717) is 30.4 Å². The van der Waals surface area contributed by atoms with Crippen LogP contribution in [-0.2, 0) is 9.53 Å². The number of morpholine rings is 1. The van der Waals surface area contributed by atoms with Crippen LogP contribution >= 0.6 is 11.8 Å². The highest BCUT2D eigenvalue weighted by atomic mass is 32.2. The summed E-state index contributed by atoms with van der Waals surface area (Å²) in [6.07, 6.45) is 3.78. The minimum atomic E-state index is -0.0116. The van der Waals surface area contributed by atoms with Gasteiger partial charge in [0.1, 0.15) is 5.76 Å². The first kappa shape index (κ1) is 19.8. The van der Waals surface area contributed by atoms with Crippen LogP contribution in [0.2, 0.25) is 0 Å². The molecular formula is C22H25N3O3S. The molecule has 2 aliphatic rings. The lowest BCUT2D eigenvalue weighted by Gasteiger charge is -2.26. The standard InChI is InChI=1S/C22H25N3O3S/c1-2-3-11-25-21(26)19(29-22(25)23-17-7-5-4-6-8-17)16-18-9-10-20(28-18)24-12-14-27-15-13-24/h4-10,16H,2-3,11-15H2,1H3/b19-16-,23-22?. The van der Waals surface area contributed by atoms with Gasteiger partial charge in [-0.05, 0) is 36.4 Å². The van der Waals surface area contributed by atoms with Gasteiger partial charge >= 0.3 is 0 Å². The average molecular weight is 412 g/mol. The molecule has 0 saturated carbocycles. The first-order valence-corrected chi connectivity index (χ1v) is 10.8. The van der Waals surface area contributed by atoms with E-state index < -0.39 is 0 Å². The molecule has 1 aromatic carbocycles. The van der Waals surface area contributed by atoms with Crippen LogP contribution in [0.1, 0.15) is 25.5 Å². The second kappa shape index (κ2) is 9.33. The fourth-order valence-corrected chi connectivity index (χ4v) is 4.23. The minimum Gasteiger partial charge on any atom is -0.441 e. The van der Waals surface area contributed by atoms with Crippen LogP contribution in [0.4, 0.5) is 11.6 Å². The molecule has 6 nitrogen and oxygen atoms in total. The van der Waals surface area contributed by atoms with Crippen LogP contribution in [0, 0.1) is 0 Å². The third-order valence-electron chi connectivity index (χ3n) is 4.81. The van der Waals surface area contributed by atoms with Crippen molar-refractivity contribution in [2.45, 2.75) is 19.8 Å². The Kier molecular flexibility index (Phi) is 6.36. The molecule has 7 heteroatoms. The van der Waals surface area contributed by atoms with Gasteiger partial charge in [0, 0.05) is 31.8 Å². The molecule has 4 rings (SSSR count). The predicted octanol–water partition coefficient (Wildman–Crippen LogP) is 4.52. The number of amides is 1. The molecule has 0 atom stereocenters. The number of rotatable bonds is 6. The molecule has 2 saturated heterocycles. The van der Waals surface area contributed by atoms with E-state index in [1.54, 1.807) is 4.90 Å².